The van der Waals surface area contributed by atoms with E-state index in [0.717, 1.165) is 51.6 Å². The molecule has 1 aliphatic rings. The highest BCUT2D eigenvalue weighted by atomic mass is 32.1. The van der Waals surface area contributed by atoms with Gasteiger partial charge in [-0.05, 0) is 13.0 Å². The van der Waals surface area contributed by atoms with Crippen LogP contribution in [0.2, 0.25) is 0 Å². The Morgan fingerprint density at radius 3 is 2.79 bits per heavy atom. The Labute approximate surface area is 118 Å². The van der Waals surface area contributed by atoms with Gasteiger partial charge in [0.05, 0.1) is 25.6 Å². The Bertz CT molecular complexity index is 405. The van der Waals surface area contributed by atoms with Crippen molar-refractivity contribution in [3.8, 4) is 0 Å². The number of anilines is 1. The van der Waals surface area contributed by atoms with Gasteiger partial charge in [0.2, 0.25) is 0 Å². The maximum absolute atomic E-state index is 5.46. The third-order valence-electron chi connectivity index (χ3n) is 2.97. The molecule has 1 aromatic heterocycles. The normalized spacial score (nSPS) is 16.2. The number of hydrogen-bond acceptors (Lipinski definition) is 6. The van der Waals surface area contributed by atoms with Gasteiger partial charge in [-0.25, -0.2) is 9.97 Å². The van der Waals surface area contributed by atoms with Crippen LogP contribution in [0.15, 0.2) is 12.4 Å². The molecule has 0 aliphatic carbocycles. The minimum Gasteiger partial charge on any atom is -0.388 e. The second-order valence-electron chi connectivity index (χ2n) is 4.39. The van der Waals surface area contributed by atoms with Gasteiger partial charge in [0, 0.05) is 19.6 Å². The first-order valence-electron chi connectivity index (χ1n) is 6.41. The first-order valence-corrected chi connectivity index (χ1v) is 6.82. The molecule has 0 atom stereocenters. The lowest BCUT2D eigenvalue weighted by Gasteiger charge is -2.26. The van der Waals surface area contributed by atoms with Gasteiger partial charge in [-0.1, -0.05) is 12.2 Å². The summed E-state index contributed by atoms with van der Waals surface area (Å²) in [6.07, 6.45) is 4.31. The molecule has 0 unspecified atom stereocenters. The summed E-state index contributed by atoms with van der Waals surface area (Å²) in [7, 11) is 0. The van der Waals surface area contributed by atoms with E-state index < -0.39 is 0 Å². The fourth-order valence-electron chi connectivity index (χ4n) is 1.89. The van der Waals surface area contributed by atoms with Crippen LogP contribution in [-0.4, -0.2) is 59.2 Å². The molecule has 19 heavy (non-hydrogen) atoms. The summed E-state index contributed by atoms with van der Waals surface area (Å²) in [5, 5.41) is 3.23. The van der Waals surface area contributed by atoms with E-state index in [4.69, 9.17) is 22.7 Å². The van der Waals surface area contributed by atoms with Gasteiger partial charge >= 0.3 is 0 Å². The lowest BCUT2D eigenvalue weighted by Crippen LogP contribution is -2.37. The quantitative estimate of drug-likeness (QED) is 0.571. The summed E-state index contributed by atoms with van der Waals surface area (Å²) in [6, 6.07) is 0. The van der Waals surface area contributed by atoms with E-state index in [2.05, 4.69) is 20.2 Å². The van der Waals surface area contributed by atoms with Gasteiger partial charge in [-0.2, -0.15) is 0 Å². The third kappa shape index (κ3) is 4.70. The molecule has 2 heterocycles. The van der Waals surface area contributed by atoms with Crippen molar-refractivity contribution in [3.05, 3.63) is 18.1 Å². The molecule has 1 saturated heterocycles. The third-order valence-corrected chi connectivity index (χ3v) is 3.17. The topological polar surface area (TPSA) is 76.3 Å². The molecule has 7 heteroatoms. The maximum Gasteiger partial charge on any atom is 0.144 e. The number of aromatic nitrogens is 2. The van der Waals surface area contributed by atoms with E-state index in [-0.39, 0.29) is 4.99 Å². The molecular formula is C12H19N5OS. The van der Waals surface area contributed by atoms with Crippen molar-refractivity contribution in [2.45, 2.75) is 6.42 Å². The molecule has 1 aliphatic heterocycles. The summed E-state index contributed by atoms with van der Waals surface area (Å²) in [5.74, 6) is 0.752. The Kier molecular flexibility index (Phi) is 5.44. The van der Waals surface area contributed by atoms with Gasteiger partial charge in [0.25, 0.3) is 0 Å². The van der Waals surface area contributed by atoms with E-state index >= 15 is 0 Å². The monoisotopic (exact) mass is 281 g/mol. The Hall–Kier alpha value is -1.31. The van der Waals surface area contributed by atoms with Gasteiger partial charge < -0.3 is 15.8 Å². The minimum atomic E-state index is 0.270. The SMILES string of the molecule is NC(=S)c1cnc(NCCCN2CCOCC2)cn1. The second-order valence-corrected chi connectivity index (χ2v) is 4.83. The number of hydrogen-bond donors (Lipinski definition) is 2. The lowest BCUT2D eigenvalue weighted by molar-refractivity contribution is 0.0378. The predicted molar refractivity (Wildman–Crippen MR) is 78.3 cm³/mol. The van der Waals surface area contributed by atoms with Crippen molar-refractivity contribution in [1.29, 1.82) is 0 Å². The zero-order chi connectivity index (χ0) is 13.5. The van der Waals surface area contributed by atoms with E-state index in [0.29, 0.717) is 5.69 Å². The number of nitrogens with zero attached hydrogens (tertiary/aromatic N) is 3. The van der Waals surface area contributed by atoms with Crippen LogP contribution in [0.4, 0.5) is 5.82 Å². The summed E-state index contributed by atoms with van der Waals surface area (Å²) in [4.78, 5) is 11.0. The van der Waals surface area contributed by atoms with E-state index in [1.165, 1.54) is 0 Å². The molecule has 0 spiro atoms. The summed E-state index contributed by atoms with van der Waals surface area (Å²) < 4.78 is 5.31. The zero-order valence-electron chi connectivity index (χ0n) is 10.8. The molecule has 1 aromatic rings. The molecule has 3 N–H and O–H groups in total. The molecule has 2 rings (SSSR count). The minimum absolute atomic E-state index is 0.270. The van der Waals surface area contributed by atoms with Crippen LogP contribution >= 0.6 is 12.2 Å². The van der Waals surface area contributed by atoms with Gasteiger partial charge in [0.1, 0.15) is 16.5 Å². The number of nitrogens with two attached hydrogens (primary N) is 1. The van der Waals surface area contributed by atoms with E-state index in [9.17, 15) is 0 Å². The van der Waals surface area contributed by atoms with Crippen LogP contribution in [0.25, 0.3) is 0 Å². The van der Waals surface area contributed by atoms with E-state index in [1.807, 2.05) is 0 Å². The highest BCUT2D eigenvalue weighted by Crippen LogP contribution is 2.02. The largest absolute Gasteiger partial charge is 0.388 e. The lowest BCUT2D eigenvalue weighted by atomic mass is 10.3. The highest BCUT2D eigenvalue weighted by molar-refractivity contribution is 7.80. The van der Waals surface area contributed by atoms with Crippen molar-refractivity contribution < 1.29 is 4.74 Å². The van der Waals surface area contributed by atoms with E-state index in [1.54, 1.807) is 12.4 Å². The number of ether oxygens (including phenoxy) is 1. The Morgan fingerprint density at radius 2 is 2.16 bits per heavy atom. The summed E-state index contributed by atoms with van der Waals surface area (Å²) in [5.41, 5.74) is 6.01. The first kappa shape index (κ1) is 14.1. The van der Waals surface area contributed by atoms with Crippen LogP contribution in [0, 0.1) is 0 Å². The maximum atomic E-state index is 5.46. The fourth-order valence-corrected chi connectivity index (χ4v) is 2.00. The Morgan fingerprint density at radius 1 is 1.37 bits per heavy atom. The standard InChI is InChI=1S/C12H19N5OS/c13-12(19)10-8-16-11(9-15-10)14-2-1-3-17-4-6-18-7-5-17/h8-9H,1-7H2,(H2,13,19)(H,14,16). The smallest absolute Gasteiger partial charge is 0.144 e. The van der Waals surface area contributed by atoms with Gasteiger partial charge in [-0.15, -0.1) is 0 Å². The average Bonchev–Trinajstić information content (AvgIpc) is 2.45. The molecule has 0 bridgehead atoms. The van der Waals surface area contributed by atoms with Crippen LogP contribution in [0.3, 0.4) is 0 Å². The number of morpholine rings is 1. The van der Waals surface area contributed by atoms with Crippen LogP contribution in [0.5, 0.6) is 0 Å². The molecule has 6 nitrogen and oxygen atoms in total. The molecule has 0 radical (unpaired) electrons. The highest BCUT2D eigenvalue weighted by Gasteiger charge is 2.09. The van der Waals surface area contributed by atoms with Crippen molar-refractivity contribution in [2.24, 2.45) is 5.73 Å². The molecule has 0 saturated carbocycles. The van der Waals surface area contributed by atoms with Gasteiger partial charge in [0.15, 0.2) is 0 Å². The van der Waals surface area contributed by atoms with Crippen LogP contribution < -0.4 is 11.1 Å². The predicted octanol–water partition coefficient (Wildman–Crippen LogP) is 0.245. The molecule has 1 fully saturated rings. The number of thiocarbonyl (C=S) groups is 1. The van der Waals surface area contributed by atoms with Gasteiger partial charge in [-0.3, -0.25) is 4.90 Å². The van der Waals surface area contributed by atoms with Crippen LogP contribution in [0.1, 0.15) is 12.1 Å². The Balaban J connectivity index is 1.66. The summed E-state index contributed by atoms with van der Waals surface area (Å²) in [6.45, 7) is 5.71. The second kappa shape index (κ2) is 7.32. The average molecular weight is 281 g/mol. The number of rotatable bonds is 6. The molecule has 104 valence electrons. The van der Waals surface area contributed by atoms with Crippen molar-refractivity contribution in [3.63, 3.8) is 0 Å². The molecule has 0 aromatic carbocycles. The number of nitrogens with one attached hydrogen (secondary N) is 1. The van der Waals surface area contributed by atoms with Crippen LogP contribution in [-0.2, 0) is 4.74 Å². The van der Waals surface area contributed by atoms with Crippen molar-refractivity contribution in [1.82, 2.24) is 14.9 Å². The molecule has 0 amide bonds. The van der Waals surface area contributed by atoms with Crippen molar-refractivity contribution >= 4 is 23.0 Å². The fraction of sp³-hybridized carbons (Fsp3) is 0.583. The zero-order valence-corrected chi connectivity index (χ0v) is 11.7. The summed E-state index contributed by atoms with van der Waals surface area (Å²) >= 11 is 4.82. The molecular weight excluding hydrogens is 262 g/mol. The van der Waals surface area contributed by atoms with Crippen molar-refractivity contribution in [2.75, 3.05) is 44.7 Å². The first-order chi connectivity index (χ1) is 9.25.